The average Bonchev–Trinajstić information content (AvgIpc) is 2.53. The molecule has 0 bridgehead atoms. The fraction of sp³-hybridized carbons (Fsp3) is 0.333. The van der Waals surface area contributed by atoms with Crippen molar-refractivity contribution >= 4 is 28.9 Å². The van der Waals surface area contributed by atoms with Crippen molar-refractivity contribution in [2.45, 2.75) is 19.0 Å². The molecule has 0 fully saturated rings. The number of nitro groups is 2. The second-order valence-corrected chi connectivity index (χ2v) is 4.84. The van der Waals surface area contributed by atoms with Crippen LogP contribution in [-0.4, -0.2) is 45.5 Å². The molecule has 0 aliphatic rings. The maximum Gasteiger partial charge on any atom is 0.311 e. The van der Waals surface area contributed by atoms with E-state index in [1.807, 2.05) is 5.32 Å². The summed E-state index contributed by atoms with van der Waals surface area (Å²) in [6.07, 6.45) is 0. The smallest absolute Gasteiger partial charge is 0.311 e. The van der Waals surface area contributed by atoms with Gasteiger partial charge in [-0.25, -0.2) is 0 Å². The molecule has 0 unspecified atom stereocenters. The van der Waals surface area contributed by atoms with Crippen LogP contribution in [0.15, 0.2) is 12.1 Å². The van der Waals surface area contributed by atoms with Crippen molar-refractivity contribution in [1.82, 2.24) is 5.32 Å². The number of nitro benzene ring substituents is 2. The van der Waals surface area contributed by atoms with Gasteiger partial charge < -0.3 is 21.5 Å². The van der Waals surface area contributed by atoms with E-state index in [0.29, 0.717) is 12.1 Å². The summed E-state index contributed by atoms with van der Waals surface area (Å²) in [7, 11) is 0. The van der Waals surface area contributed by atoms with Gasteiger partial charge in [0.1, 0.15) is 17.8 Å². The molecule has 0 radical (unpaired) electrons. The first-order chi connectivity index (χ1) is 11.6. The molecule has 0 spiro atoms. The monoisotopic (exact) mass is 359 g/mol. The number of benzene rings is 1. The number of rotatable bonds is 7. The van der Waals surface area contributed by atoms with Gasteiger partial charge in [-0.1, -0.05) is 0 Å². The largest absolute Gasteiger partial charge is 0.394 e. The van der Waals surface area contributed by atoms with Gasteiger partial charge in [0.15, 0.2) is 0 Å². The van der Waals surface area contributed by atoms with Gasteiger partial charge in [-0.05, 0) is 6.92 Å². The van der Waals surface area contributed by atoms with Gasteiger partial charge in [0.25, 0.3) is 5.69 Å². The molecule has 2 amide bonds. The molecule has 13 heteroatoms. The number of hydrogen-bond donors (Lipinski definition) is 4. The predicted octanol–water partition coefficient (Wildman–Crippen LogP) is -0.595. The number of amides is 2. The number of carbonyl (C=O) groups is 2. The van der Waals surface area contributed by atoms with E-state index in [2.05, 4.69) is 5.32 Å². The topological polar surface area (TPSA) is 191 Å². The third-order valence-corrected chi connectivity index (χ3v) is 3.00. The molecule has 1 rings (SSSR count). The number of anilines is 1. The van der Waals surface area contributed by atoms with Gasteiger partial charge in [0.2, 0.25) is 17.6 Å². The number of aliphatic hydroxyl groups excluding tert-OH is 1. The molecule has 0 aromatic heterocycles. The molecule has 0 saturated heterocycles. The van der Waals surface area contributed by atoms with Gasteiger partial charge >= 0.3 is 5.69 Å². The molecule has 5 N–H and O–H groups in total. The molecular weight excluding hydrogens is 345 g/mol. The number of nitrogens with one attached hydrogen (secondary N) is 2. The molecule has 2 atom stereocenters. The molecule has 0 aliphatic carbocycles. The van der Waals surface area contributed by atoms with Crippen LogP contribution in [0.1, 0.15) is 6.92 Å². The van der Waals surface area contributed by atoms with Crippen LogP contribution in [0.4, 0.5) is 21.5 Å². The highest BCUT2D eigenvalue weighted by Gasteiger charge is 2.27. The van der Waals surface area contributed by atoms with Crippen LogP contribution in [-0.2, 0) is 9.59 Å². The Kier molecular flexibility index (Phi) is 6.41. The molecule has 25 heavy (non-hydrogen) atoms. The lowest BCUT2D eigenvalue weighted by molar-refractivity contribution is -0.395. The van der Waals surface area contributed by atoms with Crippen LogP contribution in [0, 0.1) is 26.0 Å². The average molecular weight is 359 g/mol. The Morgan fingerprint density at radius 3 is 2.28 bits per heavy atom. The second-order valence-electron chi connectivity index (χ2n) is 4.84. The van der Waals surface area contributed by atoms with E-state index < -0.39 is 63.2 Å². The van der Waals surface area contributed by atoms with E-state index in [-0.39, 0.29) is 0 Å². The summed E-state index contributed by atoms with van der Waals surface area (Å²) in [6, 6.07) is -1.71. The van der Waals surface area contributed by atoms with E-state index in [1.54, 1.807) is 0 Å². The van der Waals surface area contributed by atoms with Crippen LogP contribution in [0.2, 0.25) is 0 Å². The number of hydrogen-bond acceptors (Lipinski definition) is 8. The summed E-state index contributed by atoms with van der Waals surface area (Å²) in [5.41, 5.74) is 2.61. The molecule has 1 aromatic carbocycles. The molecule has 12 nitrogen and oxygen atoms in total. The van der Waals surface area contributed by atoms with Crippen molar-refractivity contribution < 1.29 is 28.9 Å². The first-order valence-electron chi connectivity index (χ1n) is 6.68. The SMILES string of the molecule is C[C@H](NC(=O)[C@@H](N)CO)C(=O)Nc1cc(F)c([N+](=O)[O-])cc1[N+](=O)[O-]. The maximum atomic E-state index is 13.6. The number of nitrogens with zero attached hydrogens (tertiary/aromatic N) is 2. The summed E-state index contributed by atoms with van der Waals surface area (Å²) in [6.45, 7) is 0.546. The predicted molar refractivity (Wildman–Crippen MR) is 81.0 cm³/mol. The Balaban J connectivity index is 3.03. The Morgan fingerprint density at radius 2 is 1.80 bits per heavy atom. The van der Waals surface area contributed by atoms with Crippen molar-refractivity contribution in [3.63, 3.8) is 0 Å². The lowest BCUT2D eigenvalue weighted by Crippen LogP contribution is -2.49. The van der Waals surface area contributed by atoms with Gasteiger partial charge in [-0.15, -0.1) is 0 Å². The van der Waals surface area contributed by atoms with Gasteiger partial charge in [0.05, 0.1) is 22.5 Å². The highest BCUT2D eigenvalue weighted by atomic mass is 19.1. The number of halogens is 1. The zero-order valence-electron chi connectivity index (χ0n) is 12.8. The van der Waals surface area contributed by atoms with Crippen molar-refractivity contribution in [2.75, 3.05) is 11.9 Å². The lowest BCUT2D eigenvalue weighted by atomic mass is 10.2. The standard InChI is InChI=1S/C12H14FN5O7/c1-5(15-12(21)7(14)4-19)11(20)16-8-2-6(13)9(17(22)23)3-10(8)18(24)25/h2-3,5,7,19H,4,14H2,1H3,(H,15,21)(H,16,20)/t5-,7-/m0/s1. The van der Waals surface area contributed by atoms with E-state index in [1.165, 1.54) is 6.92 Å². The lowest BCUT2D eigenvalue weighted by Gasteiger charge is -2.16. The quantitative estimate of drug-likeness (QED) is 0.366. The number of carbonyl (C=O) groups excluding carboxylic acids is 2. The first-order valence-corrected chi connectivity index (χ1v) is 6.68. The molecule has 0 saturated carbocycles. The Hall–Kier alpha value is -3.19. The minimum absolute atomic E-state index is 0.371. The van der Waals surface area contributed by atoms with E-state index >= 15 is 0 Å². The summed E-state index contributed by atoms with van der Waals surface area (Å²) in [4.78, 5) is 42.8. The van der Waals surface area contributed by atoms with Crippen LogP contribution < -0.4 is 16.4 Å². The van der Waals surface area contributed by atoms with Crippen molar-refractivity contribution in [2.24, 2.45) is 5.73 Å². The summed E-state index contributed by atoms with van der Waals surface area (Å²) >= 11 is 0. The van der Waals surface area contributed by atoms with Crippen molar-refractivity contribution in [3.8, 4) is 0 Å². The van der Waals surface area contributed by atoms with Gasteiger partial charge in [-0.3, -0.25) is 29.8 Å². The van der Waals surface area contributed by atoms with E-state index in [9.17, 15) is 34.2 Å². The molecule has 1 aromatic rings. The van der Waals surface area contributed by atoms with E-state index in [4.69, 9.17) is 10.8 Å². The fourth-order valence-electron chi connectivity index (χ4n) is 1.65. The highest BCUT2D eigenvalue weighted by molar-refractivity contribution is 5.99. The highest BCUT2D eigenvalue weighted by Crippen LogP contribution is 2.31. The molecule has 0 heterocycles. The van der Waals surface area contributed by atoms with Crippen molar-refractivity contribution in [3.05, 3.63) is 38.2 Å². The zero-order chi connectivity index (χ0) is 19.3. The molecule has 0 aliphatic heterocycles. The van der Waals surface area contributed by atoms with Crippen LogP contribution in [0.5, 0.6) is 0 Å². The fourth-order valence-corrected chi connectivity index (χ4v) is 1.65. The summed E-state index contributed by atoms with van der Waals surface area (Å²) in [5, 5.41) is 34.5. The van der Waals surface area contributed by atoms with Gasteiger partial charge in [-0.2, -0.15) is 4.39 Å². The van der Waals surface area contributed by atoms with E-state index in [0.717, 1.165) is 0 Å². The third-order valence-electron chi connectivity index (χ3n) is 3.00. The Bertz CT molecular complexity index is 726. The second kappa shape index (κ2) is 8.07. The van der Waals surface area contributed by atoms with Crippen LogP contribution in [0.25, 0.3) is 0 Å². The normalized spacial score (nSPS) is 12.8. The number of nitrogens with two attached hydrogens (primary N) is 1. The molecule has 136 valence electrons. The van der Waals surface area contributed by atoms with Crippen molar-refractivity contribution in [1.29, 1.82) is 0 Å². The maximum absolute atomic E-state index is 13.6. The van der Waals surface area contributed by atoms with Gasteiger partial charge in [0, 0.05) is 6.07 Å². The summed E-state index contributed by atoms with van der Waals surface area (Å²) in [5.74, 6) is -3.20. The molecular formula is C12H14FN5O7. The minimum atomic E-state index is -1.38. The van der Waals surface area contributed by atoms with Crippen LogP contribution in [0.3, 0.4) is 0 Å². The number of aliphatic hydroxyl groups is 1. The first kappa shape index (κ1) is 19.9. The zero-order valence-corrected chi connectivity index (χ0v) is 12.8. The Morgan fingerprint density at radius 1 is 1.24 bits per heavy atom. The Labute approximate surface area is 139 Å². The summed E-state index contributed by atoms with van der Waals surface area (Å²) < 4.78 is 13.6. The third kappa shape index (κ3) is 4.89. The van der Waals surface area contributed by atoms with Crippen LogP contribution >= 0.6 is 0 Å². The minimum Gasteiger partial charge on any atom is -0.394 e.